The first-order chi connectivity index (χ1) is 10.8. The van der Waals surface area contributed by atoms with E-state index in [9.17, 15) is 0 Å². The van der Waals surface area contributed by atoms with Crippen LogP contribution in [0.2, 0.25) is 5.02 Å². The summed E-state index contributed by atoms with van der Waals surface area (Å²) in [7, 11) is 0. The van der Waals surface area contributed by atoms with E-state index in [1.807, 2.05) is 18.3 Å². The number of hydrogen-bond donors (Lipinski definition) is 0. The minimum Gasteiger partial charge on any atom is -0.454 e. The topological polar surface area (TPSA) is 47.5 Å². The van der Waals surface area contributed by atoms with Gasteiger partial charge in [0.15, 0.2) is 11.5 Å². The number of rotatable bonds is 3. The van der Waals surface area contributed by atoms with Crippen molar-refractivity contribution in [3.8, 4) is 11.5 Å². The maximum Gasteiger partial charge on any atom is 0.231 e. The first-order valence-electron chi connectivity index (χ1n) is 7.36. The van der Waals surface area contributed by atoms with Gasteiger partial charge in [0, 0.05) is 37.6 Å². The number of fused-ring (bicyclic) bond motifs is 1. The molecule has 6 heteroatoms. The smallest absolute Gasteiger partial charge is 0.231 e. The zero-order chi connectivity index (χ0) is 14.9. The standard InChI is InChI=1S/C16H16ClN3O2/c17-13-5-11(6-15-16(13)22-10-21-15)8-20-4-1-12(9-20)14-7-18-2-3-19-14/h2-3,5-7,12H,1,4,8-10H2. The van der Waals surface area contributed by atoms with Crippen molar-refractivity contribution in [3.05, 3.63) is 47.0 Å². The molecule has 2 aromatic rings. The summed E-state index contributed by atoms with van der Waals surface area (Å²) in [6, 6.07) is 3.98. The third-order valence-corrected chi connectivity index (χ3v) is 4.45. The molecule has 1 atom stereocenters. The molecule has 2 aliphatic rings. The van der Waals surface area contributed by atoms with Crippen LogP contribution >= 0.6 is 11.6 Å². The zero-order valence-electron chi connectivity index (χ0n) is 12.0. The molecular formula is C16H16ClN3O2. The minimum atomic E-state index is 0.247. The number of halogens is 1. The molecule has 1 fully saturated rings. The number of hydrogen-bond acceptors (Lipinski definition) is 5. The number of nitrogens with zero attached hydrogens (tertiary/aromatic N) is 3. The van der Waals surface area contributed by atoms with Crippen molar-refractivity contribution in [3.63, 3.8) is 0 Å². The van der Waals surface area contributed by atoms with Crippen LogP contribution in [0.15, 0.2) is 30.7 Å². The van der Waals surface area contributed by atoms with Crippen LogP contribution in [0.4, 0.5) is 0 Å². The van der Waals surface area contributed by atoms with Crippen LogP contribution in [0, 0.1) is 0 Å². The summed E-state index contributed by atoms with van der Waals surface area (Å²) in [4.78, 5) is 11.0. The van der Waals surface area contributed by atoms with Crippen LogP contribution in [0.5, 0.6) is 11.5 Å². The molecule has 0 aliphatic carbocycles. The molecule has 1 aromatic heterocycles. The highest BCUT2D eigenvalue weighted by Crippen LogP contribution is 2.40. The Morgan fingerprint density at radius 3 is 3.09 bits per heavy atom. The van der Waals surface area contributed by atoms with Gasteiger partial charge in [-0.05, 0) is 30.7 Å². The normalized spacial score (nSPS) is 20.5. The van der Waals surface area contributed by atoms with Gasteiger partial charge in [-0.15, -0.1) is 0 Å². The summed E-state index contributed by atoms with van der Waals surface area (Å²) in [6.07, 6.45) is 6.45. The molecule has 0 radical (unpaired) electrons. The van der Waals surface area contributed by atoms with Crippen LogP contribution in [-0.2, 0) is 6.54 Å². The lowest BCUT2D eigenvalue weighted by Crippen LogP contribution is -2.20. The molecule has 1 unspecified atom stereocenters. The fraction of sp³-hybridized carbons (Fsp3) is 0.375. The Kier molecular flexibility index (Phi) is 3.60. The molecule has 22 heavy (non-hydrogen) atoms. The predicted molar refractivity (Wildman–Crippen MR) is 82.2 cm³/mol. The second-order valence-electron chi connectivity index (χ2n) is 5.66. The summed E-state index contributed by atoms with van der Waals surface area (Å²) in [5, 5.41) is 0.620. The lowest BCUT2D eigenvalue weighted by atomic mass is 10.1. The average Bonchev–Trinajstić information content (AvgIpc) is 3.17. The SMILES string of the molecule is Clc1cc(CN2CCC(c3cnccn3)C2)cc2c1OCO2. The monoisotopic (exact) mass is 317 g/mol. The molecule has 5 nitrogen and oxygen atoms in total. The lowest BCUT2D eigenvalue weighted by molar-refractivity contribution is 0.174. The Morgan fingerprint density at radius 2 is 2.23 bits per heavy atom. The predicted octanol–water partition coefficient (Wildman–Crippen LogP) is 2.85. The number of likely N-dealkylation sites (tertiary alicyclic amines) is 1. The van der Waals surface area contributed by atoms with E-state index in [1.165, 1.54) is 0 Å². The highest BCUT2D eigenvalue weighted by molar-refractivity contribution is 6.32. The van der Waals surface area contributed by atoms with E-state index >= 15 is 0 Å². The third-order valence-electron chi connectivity index (χ3n) is 4.17. The summed E-state index contributed by atoms with van der Waals surface area (Å²) in [5.41, 5.74) is 2.22. The van der Waals surface area contributed by atoms with E-state index in [4.69, 9.17) is 21.1 Å². The molecule has 0 spiro atoms. The molecule has 0 N–H and O–H groups in total. The number of benzene rings is 1. The van der Waals surface area contributed by atoms with Crippen LogP contribution in [0.3, 0.4) is 0 Å². The maximum atomic E-state index is 6.24. The number of aromatic nitrogens is 2. The van der Waals surface area contributed by atoms with E-state index in [0.717, 1.165) is 43.1 Å². The summed E-state index contributed by atoms with van der Waals surface area (Å²) >= 11 is 6.24. The van der Waals surface area contributed by atoms with Gasteiger partial charge in [-0.2, -0.15) is 0 Å². The lowest BCUT2D eigenvalue weighted by Gasteiger charge is -2.16. The quantitative estimate of drug-likeness (QED) is 0.871. The largest absolute Gasteiger partial charge is 0.454 e. The molecule has 0 amide bonds. The first kappa shape index (κ1) is 13.8. The molecule has 2 aliphatic heterocycles. The van der Waals surface area contributed by atoms with E-state index in [1.54, 1.807) is 12.4 Å². The Labute approximate surface area is 133 Å². The Morgan fingerprint density at radius 1 is 1.27 bits per heavy atom. The number of ether oxygens (including phenoxy) is 2. The molecule has 4 rings (SSSR count). The fourth-order valence-electron chi connectivity index (χ4n) is 3.11. The maximum absolute atomic E-state index is 6.24. The zero-order valence-corrected chi connectivity index (χ0v) is 12.8. The molecule has 1 saturated heterocycles. The van der Waals surface area contributed by atoms with Crippen molar-refractivity contribution < 1.29 is 9.47 Å². The summed E-state index contributed by atoms with van der Waals surface area (Å²) < 4.78 is 10.8. The second kappa shape index (κ2) is 5.74. The van der Waals surface area contributed by atoms with Gasteiger partial charge in [0.1, 0.15) is 0 Å². The van der Waals surface area contributed by atoms with E-state index in [2.05, 4.69) is 14.9 Å². The van der Waals surface area contributed by atoms with Crippen LogP contribution < -0.4 is 9.47 Å². The Balaban J connectivity index is 1.46. The fourth-order valence-corrected chi connectivity index (χ4v) is 3.40. The molecule has 1 aromatic carbocycles. The van der Waals surface area contributed by atoms with Crippen molar-refractivity contribution in [2.24, 2.45) is 0 Å². The van der Waals surface area contributed by atoms with Gasteiger partial charge in [-0.3, -0.25) is 14.9 Å². The van der Waals surface area contributed by atoms with E-state index < -0.39 is 0 Å². The van der Waals surface area contributed by atoms with Crippen molar-refractivity contribution >= 4 is 11.6 Å². The first-order valence-corrected chi connectivity index (χ1v) is 7.73. The molecule has 114 valence electrons. The van der Waals surface area contributed by atoms with Crippen molar-refractivity contribution in [1.29, 1.82) is 0 Å². The highest BCUT2D eigenvalue weighted by Gasteiger charge is 2.26. The van der Waals surface area contributed by atoms with Gasteiger partial charge in [0.2, 0.25) is 6.79 Å². The van der Waals surface area contributed by atoms with Gasteiger partial charge >= 0.3 is 0 Å². The van der Waals surface area contributed by atoms with Crippen LogP contribution in [0.1, 0.15) is 23.6 Å². The summed E-state index contributed by atoms with van der Waals surface area (Å²) in [6.45, 7) is 3.14. The van der Waals surface area contributed by atoms with Crippen LogP contribution in [-0.4, -0.2) is 34.8 Å². The van der Waals surface area contributed by atoms with Gasteiger partial charge < -0.3 is 9.47 Å². The van der Waals surface area contributed by atoms with Crippen LogP contribution in [0.25, 0.3) is 0 Å². The minimum absolute atomic E-state index is 0.247. The van der Waals surface area contributed by atoms with Crippen molar-refractivity contribution in [2.45, 2.75) is 18.9 Å². The molecule has 3 heterocycles. The Hall–Kier alpha value is -1.85. The van der Waals surface area contributed by atoms with Gasteiger partial charge in [0.05, 0.1) is 10.7 Å². The van der Waals surface area contributed by atoms with E-state index in [-0.39, 0.29) is 6.79 Å². The van der Waals surface area contributed by atoms with E-state index in [0.29, 0.717) is 16.7 Å². The second-order valence-corrected chi connectivity index (χ2v) is 6.07. The van der Waals surface area contributed by atoms with Crippen molar-refractivity contribution in [2.75, 3.05) is 19.9 Å². The van der Waals surface area contributed by atoms with Gasteiger partial charge in [-0.1, -0.05) is 11.6 Å². The van der Waals surface area contributed by atoms with Gasteiger partial charge in [0.25, 0.3) is 0 Å². The third kappa shape index (κ3) is 2.62. The highest BCUT2D eigenvalue weighted by atomic mass is 35.5. The average molecular weight is 318 g/mol. The summed E-state index contributed by atoms with van der Waals surface area (Å²) in [5.74, 6) is 1.86. The molecule has 0 saturated carbocycles. The molecule has 0 bridgehead atoms. The Bertz CT molecular complexity index is 681. The molecular weight excluding hydrogens is 302 g/mol. The van der Waals surface area contributed by atoms with Crippen molar-refractivity contribution in [1.82, 2.24) is 14.9 Å². The van der Waals surface area contributed by atoms with Gasteiger partial charge in [-0.25, -0.2) is 0 Å².